The highest BCUT2D eigenvalue weighted by Crippen LogP contribution is 2.12. The topological polar surface area (TPSA) is 17.8 Å². The molecule has 0 aliphatic heterocycles. The fourth-order valence-corrected chi connectivity index (χ4v) is 0.903. The van der Waals surface area contributed by atoms with E-state index in [1.54, 1.807) is 12.5 Å². The van der Waals surface area contributed by atoms with Gasteiger partial charge in [-0.15, -0.1) is 0 Å². The summed E-state index contributed by atoms with van der Waals surface area (Å²) >= 11 is 0. The first-order valence-electron chi connectivity index (χ1n) is 3.57. The van der Waals surface area contributed by atoms with E-state index in [1.807, 2.05) is 17.7 Å². The van der Waals surface area contributed by atoms with Crippen molar-refractivity contribution in [2.24, 2.45) is 0 Å². The number of rotatable bonds is 2. The van der Waals surface area contributed by atoms with Crippen LogP contribution in [0.5, 0.6) is 0 Å². The van der Waals surface area contributed by atoms with Crippen LogP contribution < -0.4 is 0 Å². The van der Waals surface area contributed by atoms with Crippen molar-refractivity contribution in [1.29, 1.82) is 0 Å². The summed E-state index contributed by atoms with van der Waals surface area (Å²) in [6.07, 6.45) is 7.37. The fourth-order valence-electron chi connectivity index (χ4n) is 0.903. The molecule has 0 aliphatic carbocycles. The number of nitrogens with zero attached hydrogens (tertiary/aromatic N) is 2. The zero-order chi connectivity index (χ0) is 8.27. The second-order valence-electron chi connectivity index (χ2n) is 2.34. The third-order valence-corrected chi connectivity index (χ3v) is 1.70. The molecule has 0 aromatic carbocycles. The summed E-state index contributed by atoms with van der Waals surface area (Å²) in [5.74, 6) is 0. The van der Waals surface area contributed by atoms with Crippen LogP contribution in [-0.4, -0.2) is 9.55 Å². The second kappa shape index (κ2) is 3.19. The van der Waals surface area contributed by atoms with Crippen molar-refractivity contribution >= 4 is 11.8 Å². The average molecular weight is 148 g/mol. The number of hydrogen-bond donors (Lipinski definition) is 0. The molecule has 11 heavy (non-hydrogen) atoms. The molecule has 0 atom stereocenters. The summed E-state index contributed by atoms with van der Waals surface area (Å²) in [4.78, 5) is 4.01. The van der Waals surface area contributed by atoms with Crippen molar-refractivity contribution in [3.8, 4) is 0 Å². The van der Waals surface area contributed by atoms with Gasteiger partial charge in [0.2, 0.25) is 0 Å². The Morgan fingerprint density at radius 2 is 2.45 bits per heavy atom. The van der Waals surface area contributed by atoms with Crippen molar-refractivity contribution < 1.29 is 0 Å². The van der Waals surface area contributed by atoms with Crippen LogP contribution in [-0.2, 0) is 0 Å². The molecule has 0 amide bonds. The van der Waals surface area contributed by atoms with Crippen LogP contribution in [0.25, 0.3) is 11.8 Å². The van der Waals surface area contributed by atoms with Gasteiger partial charge in [-0.05, 0) is 19.4 Å². The summed E-state index contributed by atoms with van der Waals surface area (Å²) in [5.41, 5.74) is 2.31. The Morgan fingerprint density at radius 1 is 1.73 bits per heavy atom. The van der Waals surface area contributed by atoms with E-state index in [4.69, 9.17) is 0 Å². The Balaban J connectivity index is 3.12. The molecule has 58 valence electrons. The normalized spacial score (nSPS) is 11.6. The quantitative estimate of drug-likeness (QED) is 0.629. The Kier molecular flexibility index (Phi) is 2.26. The van der Waals surface area contributed by atoms with Gasteiger partial charge in [0.15, 0.2) is 0 Å². The lowest BCUT2D eigenvalue weighted by Crippen LogP contribution is -1.88. The highest BCUT2D eigenvalue weighted by Gasteiger charge is 1.98. The van der Waals surface area contributed by atoms with E-state index in [1.165, 1.54) is 5.57 Å². The summed E-state index contributed by atoms with van der Waals surface area (Å²) in [6, 6.07) is 0. The maximum absolute atomic E-state index is 4.01. The van der Waals surface area contributed by atoms with Crippen LogP contribution >= 0.6 is 0 Å². The van der Waals surface area contributed by atoms with Gasteiger partial charge in [0, 0.05) is 6.20 Å². The minimum Gasteiger partial charge on any atom is -0.307 e. The SMILES string of the molecule is C=Cn1cncc1/C(C)=C\C. The van der Waals surface area contributed by atoms with Gasteiger partial charge in [0.25, 0.3) is 0 Å². The molecule has 2 heteroatoms. The minimum atomic E-state index is 1.10. The van der Waals surface area contributed by atoms with Crippen LogP contribution in [0, 0.1) is 0 Å². The lowest BCUT2D eigenvalue weighted by Gasteiger charge is -2.00. The first kappa shape index (κ1) is 7.79. The zero-order valence-corrected chi connectivity index (χ0v) is 6.91. The summed E-state index contributed by atoms with van der Waals surface area (Å²) in [6.45, 7) is 7.74. The number of hydrogen-bond acceptors (Lipinski definition) is 1. The molecule has 0 saturated heterocycles. The third kappa shape index (κ3) is 1.40. The molecule has 0 unspecified atom stereocenters. The van der Waals surface area contributed by atoms with Crippen molar-refractivity contribution in [2.45, 2.75) is 13.8 Å². The molecule has 1 aromatic heterocycles. The highest BCUT2D eigenvalue weighted by atomic mass is 15.0. The number of aromatic nitrogens is 2. The largest absolute Gasteiger partial charge is 0.307 e. The molecule has 0 radical (unpaired) electrons. The van der Waals surface area contributed by atoms with Crippen molar-refractivity contribution in [3.63, 3.8) is 0 Å². The Bertz CT molecular complexity index is 282. The fraction of sp³-hybridized carbons (Fsp3) is 0.222. The molecular formula is C9H12N2. The Morgan fingerprint density at radius 3 is 3.00 bits per heavy atom. The standard InChI is InChI=1S/C9H12N2/c1-4-8(3)9-6-10-7-11(9)5-2/h4-7H,2H2,1,3H3/b8-4-. The molecule has 0 bridgehead atoms. The van der Waals surface area contributed by atoms with Gasteiger partial charge in [-0.1, -0.05) is 12.7 Å². The molecule has 1 rings (SSSR count). The van der Waals surface area contributed by atoms with Gasteiger partial charge >= 0.3 is 0 Å². The Hall–Kier alpha value is -1.31. The van der Waals surface area contributed by atoms with Crippen LogP contribution in [0.15, 0.2) is 25.2 Å². The van der Waals surface area contributed by atoms with Crippen molar-refractivity contribution in [2.75, 3.05) is 0 Å². The molecule has 2 nitrogen and oxygen atoms in total. The maximum Gasteiger partial charge on any atom is 0.0991 e. The van der Waals surface area contributed by atoms with E-state index >= 15 is 0 Å². The summed E-state index contributed by atoms with van der Waals surface area (Å²) < 4.78 is 1.90. The third-order valence-electron chi connectivity index (χ3n) is 1.70. The molecule has 0 saturated carbocycles. The van der Waals surface area contributed by atoms with Gasteiger partial charge in [-0.3, -0.25) is 0 Å². The summed E-state index contributed by atoms with van der Waals surface area (Å²) in [5, 5.41) is 0. The molecule has 0 spiro atoms. The van der Waals surface area contributed by atoms with Crippen molar-refractivity contribution in [3.05, 3.63) is 30.9 Å². The molecule has 1 aromatic rings. The first-order valence-corrected chi connectivity index (χ1v) is 3.57. The maximum atomic E-state index is 4.01. The van der Waals surface area contributed by atoms with Crippen LogP contribution in [0.4, 0.5) is 0 Å². The molecule has 0 fully saturated rings. The minimum absolute atomic E-state index is 1.10. The lowest BCUT2D eigenvalue weighted by molar-refractivity contribution is 1.11. The van der Waals surface area contributed by atoms with E-state index in [-0.39, 0.29) is 0 Å². The monoisotopic (exact) mass is 148 g/mol. The number of allylic oxidation sites excluding steroid dienone is 2. The van der Waals surface area contributed by atoms with E-state index in [0.717, 1.165) is 5.69 Å². The van der Waals surface area contributed by atoms with Crippen LogP contribution in [0.3, 0.4) is 0 Å². The van der Waals surface area contributed by atoms with Gasteiger partial charge in [0.1, 0.15) is 0 Å². The molecule has 0 aliphatic rings. The second-order valence-corrected chi connectivity index (χ2v) is 2.34. The average Bonchev–Trinajstić information content (AvgIpc) is 2.50. The Labute approximate surface area is 66.9 Å². The van der Waals surface area contributed by atoms with Gasteiger partial charge < -0.3 is 4.57 Å². The highest BCUT2D eigenvalue weighted by molar-refractivity contribution is 5.61. The first-order chi connectivity index (χ1) is 5.29. The van der Waals surface area contributed by atoms with Gasteiger partial charge in [-0.2, -0.15) is 0 Å². The van der Waals surface area contributed by atoms with E-state index in [0.29, 0.717) is 0 Å². The zero-order valence-electron chi connectivity index (χ0n) is 6.91. The predicted molar refractivity (Wildman–Crippen MR) is 47.9 cm³/mol. The molecule has 1 heterocycles. The van der Waals surface area contributed by atoms with Gasteiger partial charge in [0.05, 0.1) is 18.2 Å². The van der Waals surface area contributed by atoms with Gasteiger partial charge in [-0.25, -0.2) is 4.98 Å². The molecular weight excluding hydrogens is 136 g/mol. The van der Waals surface area contributed by atoms with E-state index in [2.05, 4.69) is 24.6 Å². The predicted octanol–water partition coefficient (Wildman–Crippen LogP) is 2.41. The van der Waals surface area contributed by atoms with Crippen molar-refractivity contribution in [1.82, 2.24) is 9.55 Å². The van der Waals surface area contributed by atoms with E-state index in [9.17, 15) is 0 Å². The number of imidazole rings is 1. The molecule has 0 N–H and O–H groups in total. The van der Waals surface area contributed by atoms with Crippen LogP contribution in [0.1, 0.15) is 19.5 Å². The summed E-state index contributed by atoms with van der Waals surface area (Å²) in [7, 11) is 0. The van der Waals surface area contributed by atoms with Crippen LogP contribution in [0.2, 0.25) is 0 Å². The smallest absolute Gasteiger partial charge is 0.0991 e. The lowest BCUT2D eigenvalue weighted by atomic mass is 10.2. The van der Waals surface area contributed by atoms with E-state index < -0.39 is 0 Å².